The topological polar surface area (TPSA) is 97.4 Å². The van der Waals surface area contributed by atoms with Gasteiger partial charge in [-0.2, -0.15) is 0 Å². The van der Waals surface area contributed by atoms with E-state index in [2.05, 4.69) is 5.16 Å². The molecule has 0 aromatic carbocycles. The van der Waals surface area contributed by atoms with E-state index < -0.39 is 0 Å². The Morgan fingerprint density at radius 2 is 1.81 bits per heavy atom. The van der Waals surface area contributed by atoms with Crippen LogP contribution in [0.1, 0.15) is 6.42 Å². The third-order valence-corrected chi connectivity index (χ3v) is 1.94. The molecule has 0 radical (unpaired) electrons. The fourth-order valence-corrected chi connectivity index (χ4v) is 1.07. The number of nitrogens with two attached hydrogens (primary N) is 1. The summed E-state index contributed by atoms with van der Waals surface area (Å²) in [6, 6.07) is 0. The number of amides is 1. The van der Waals surface area contributed by atoms with Crippen molar-refractivity contribution in [2.45, 2.75) is 6.42 Å². The van der Waals surface area contributed by atoms with Crippen LogP contribution in [0, 0.1) is 0 Å². The first-order valence-electron chi connectivity index (χ1n) is 4.87. The third-order valence-electron chi connectivity index (χ3n) is 1.94. The summed E-state index contributed by atoms with van der Waals surface area (Å²) in [5.41, 5.74) is 5.26. The van der Waals surface area contributed by atoms with Crippen LogP contribution in [-0.4, -0.2) is 62.4 Å². The molecular weight excluding hydrogens is 214 g/mol. The first-order chi connectivity index (χ1) is 7.65. The van der Waals surface area contributed by atoms with E-state index in [1.165, 1.54) is 0 Å². The van der Waals surface area contributed by atoms with Crippen molar-refractivity contribution in [3.8, 4) is 0 Å². The lowest BCUT2D eigenvalue weighted by molar-refractivity contribution is -0.131. The Balaban J connectivity index is 4.19. The highest BCUT2D eigenvalue weighted by atomic mass is 16.5. The van der Waals surface area contributed by atoms with Crippen molar-refractivity contribution in [2.75, 3.05) is 40.5 Å². The average molecular weight is 233 g/mol. The third kappa shape index (κ3) is 6.20. The molecule has 0 spiro atoms. The number of hydrogen-bond acceptors (Lipinski definition) is 5. The van der Waals surface area contributed by atoms with Crippen LogP contribution in [0.25, 0.3) is 0 Å². The predicted octanol–water partition coefficient (Wildman–Crippen LogP) is -0.756. The van der Waals surface area contributed by atoms with E-state index in [1.54, 1.807) is 19.1 Å². The highest BCUT2D eigenvalue weighted by Gasteiger charge is 2.14. The minimum atomic E-state index is -0.218. The molecule has 0 aliphatic heterocycles. The number of nitrogens with zero attached hydrogens (tertiary/aromatic N) is 2. The van der Waals surface area contributed by atoms with Crippen LogP contribution in [0.2, 0.25) is 0 Å². The molecule has 16 heavy (non-hydrogen) atoms. The van der Waals surface area contributed by atoms with Gasteiger partial charge in [-0.15, -0.1) is 0 Å². The lowest BCUT2D eigenvalue weighted by Crippen LogP contribution is -2.38. The molecule has 0 aliphatic carbocycles. The first-order valence-corrected chi connectivity index (χ1v) is 4.87. The van der Waals surface area contributed by atoms with Gasteiger partial charge in [-0.3, -0.25) is 4.79 Å². The molecule has 0 fully saturated rings. The maximum atomic E-state index is 11.7. The van der Waals surface area contributed by atoms with E-state index >= 15 is 0 Å². The highest BCUT2D eigenvalue weighted by Crippen LogP contribution is 1.95. The monoisotopic (exact) mass is 233 g/mol. The van der Waals surface area contributed by atoms with Crippen molar-refractivity contribution < 1.29 is 19.5 Å². The molecule has 0 bridgehead atoms. The van der Waals surface area contributed by atoms with Gasteiger partial charge in [0.2, 0.25) is 5.91 Å². The normalized spacial score (nSPS) is 11.5. The number of rotatable bonds is 8. The molecule has 0 atom stereocenters. The fourth-order valence-electron chi connectivity index (χ4n) is 1.07. The second-order valence-corrected chi connectivity index (χ2v) is 3.13. The Labute approximate surface area is 94.8 Å². The van der Waals surface area contributed by atoms with Gasteiger partial charge >= 0.3 is 0 Å². The van der Waals surface area contributed by atoms with E-state index in [-0.39, 0.29) is 18.2 Å². The fraction of sp³-hybridized carbons (Fsp3) is 0.778. The second kappa shape index (κ2) is 8.93. The second-order valence-electron chi connectivity index (χ2n) is 3.13. The zero-order valence-corrected chi connectivity index (χ0v) is 9.68. The van der Waals surface area contributed by atoms with Crippen LogP contribution >= 0.6 is 0 Å². The van der Waals surface area contributed by atoms with Crippen LogP contribution in [0.15, 0.2) is 5.16 Å². The van der Waals surface area contributed by atoms with Crippen molar-refractivity contribution in [1.29, 1.82) is 0 Å². The van der Waals surface area contributed by atoms with Crippen molar-refractivity contribution in [1.82, 2.24) is 4.90 Å². The van der Waals surface area contributed by atoms with E-state index in [1.807, 2.05) is 0 Å². The van der Waals surface area contributed by atoms with Gasteiger partial charge in [0.15, 0.2) is 0 Å². The number of methoxy groups -OCH3 is 2. The van der Waals surface area contributed by atoms with Crippen molar-refractivity contribution in [2.24, 2.45) is 10.9 Å². The van der Waals surface area contributed by atoms with Crippen LogP contribution in [0.3, 0.4) is 0 Å². The number of carbonyl (C=O) groups excluding carboxylic acids is 1. The quantitative estimate of drug-likeness (QED) is 0.249. The molecular formula is C9H19N3O4. The number of hydrogen-bond donors (Lipinski definition) is 2. The number of amidine groups is 1. The lowest BCUT2D eigenvalue weighted by atomic mass is 10.3. The van der Waals surface area contributed by atoms with Crippen LogP contribution in [0.4, 0.5) is 0 Å². The summed E-state index contributed by atoms with van der Waals surface area (Å²) < 4.78 is 9.78. The minimum Gasteiger partial charge on any atom is -0.409 e. The van der Waals surface area contributed by atoms with Crippen LogP contribution in [0.5, 0.6) is 0 Å². The van der Waals surface area contributed by atoms with Gasteiger partial charge in [0, 0.05) is 27.3 Å². The molecule has 3 N–H and O–H groups in total. The summed E-state index contributed by atoms with van der Waals surface area (Å²) in [6.45, 7) is 1.78. The van der Waals surface area contributed by atoms with Crippen molar-refractivity contribution in [3.05, 3.63) is 0 Å². The van der Waals surface area contributed by atoms with Gasteiger partial charge in [0.05, 0.1) is 19.6 Å². The Bertz CT molecular complexity index is 225. The van der Waals surface area contributed by atoms with Crippen molar-refractivity contribution >= 4 is 11.7 Å². The minimum absolute atomic E-state index is 0.107. The summed E-state index contributed by atoms with van der Waals surface area (Å²) >= 11 is 0. The van der Waals surface area contributed by atoms with E-state index in [0.717, 1.165) is 0 Å². The summed E-state index contributed by atoms with van der Waals surface area (Å²) in [6.07, 6.45) is -0.107. The van der Waals surface area contributed by atoms with Gasteiger partial charge in [-0.1, -0.05) is 5.16 Å². The average Bonchev–Trinajstić information content (AvgIpc) is 2.28. The smallest absolute Gasteiger partial charge is 0.230 e. The van der Waals surface area contributed by atoms with Crippen LogP contribution in [-0.2, 0) is 14.3 Å². The zero-order chi connectivity index (χ0) is 12.4. The molecule has 94 valence electrons. The van der Waals surface area contributed by atoms with Crippen molar-refractivity contribution in [3.63, 3.8) is 0 Å². The summed E-state index contributed by atoms with van der Waals surface area (Å²) in [7, 11) is 3.12. The first kappa shape index (κ1) is 14.7. The Kier molecular flexibility index (Phi) is 8.18. The molecule has 0 saturated heterocycles. The van der Waals surface area contributed by atoms with Gasteiger partial charge < -0.3 is 25.3 Å². The molecule has 0 saturated carbocycles. The van der Waals surface area contributed by atoms with Gasteiger partial charge in [-0.25, -0.2) is 0 Å². The summed E-state index contributed by atoms with van der Waals surface area (Å²) in [4.78, 5) is 13.2. The standard InChI is InChI=1S/C9H19N3O4/c1-15-5-3-12(4-6-16-2)9(13)7-8(10)11-14/h14H,3-7H2,1-2H3,(H2,10,11). The molecule has 1 amide bonds. The molecule has 0 aliphatic rings. The van der Waals surface area contributed by atoms with E-state index in [0.29, 0.717) is 26.3 Å². The summed E-state index contributed by atoms with van der Waals surface area (Å²) in [5, 5.41) is 11.1. The lowest BCUT2D eigenvalue weighted by Gasteiger charge is -2.21. The molecule has 0 unspecified atom stereocenters. The molecule has 7 nitrogen and oxygen atoms in total. The molecule has 0 aromatic rings. The number of oxime groups is 1. The molecule has 0 heterocycles. The van der Waals surface area contributed by atoms with Gasteiger partial charge in [-0.05, 0) is 0 Å². The van der Waals surface area contributed by atoms with Crippen LogP contribution < -0.4 is 5.73 Å². The summed E-state index contributed by atoms with van der Waals surface area (Å²) in [5.74, 6) is -0.325. The highest BCUT2D eigenvalue weighted by molar-refractivity contribution is 5.98. The maximum Gasteiger partial charge on any atom is 0.230 e. The molecule has 0 rings (SSSR count). The Morgan fingerprint density at radius 3 is 2.19 bits per heavy atom. The molecule has 7 heteroatoms. The number of carbonyl (C=O) groups is 1. The zero-order valence-electron chi connectivity index (χ0n) is 9.68. The largest absolute Gasteiger partial charge is 0.409 e. The predicted molar refractivity (Wildman–Crippen MR) is 58.4 cm³/mol. The van der Waals surface area contributed by atoms with E-state index in [9.17, 15) is 4.79 Å². The Hall–Kier alpha value is -1.34. The number of ether oxygens (including phenoxy) is 2. The van der Waals surface area contributed by atoms with Gasteiger partial charge in [0.25, 0.3) is 0 Å². The van der Waals surface area contributed by atoms with Gasteiger partial charge in [0.1, 0.15) is 5.84 Å². The molecule has 0 aromatic heterocycles. The van der Waals surface area contributed by atoms with E-state index in [4.69, 9.17) is 20.4 Å². The maximum absolute atomic E-state index is 11.7. The Morgan fingerprint density at radius 1 is 1.31 bits per heavy atom. The SMILES string of the molecule is COCCN(CCOC)C(=O)CC(N)=NO.